The third-order valence-corrected chi connectivity index (χ3v) is 3.50. The van der Waals surface area contributed by atoms with Gasteiger partial charge >= 0.3 is 0 Å². The Morgan fingerprint density at radius 1 is 0.762 bits per heavy atom. The quantitative estimate of drug-likeness (QED) is 0.476. The first-order chi connectivity index (χ1) is 10.3. The first-order valence-electron chi connectivity index (χ1n) is 8.39. The fraction of sp³-hybridized carbons (Fsp3) is 0.667. The molecule has 0 aliphatic heterocycles. The predicted molar refractivity (Wildman–Crippen MR) is 88.5 cm³/mol. The Morgan fingerprint density at radius 3 is 1.67 bits per heavy atom. The van der Waals surface area contributed by atoms with Crippen molar-refractivity contribution in [3.05, 3.63) is 18.2 Å². The van der Waals surface area contributed by atoms with Gasteiger partial charge in [-0.25, -0.2) is 0 Å². The molecule has 1 aromatic rings. The topological polar surface area (TPSA) is 42.3 Å². The molecule has 0 bridgehead atoms. The van der Waals surface area contributed by atoms with Crippen molar-refractivity contribution in [2.45, 2.75) is 65.2 Å². The number of ether oxygens (including phenoxy) is 2. The third-order valence-electron chi connectivity index (χ3n) is 3.50. The molecule has 0 aliphatic carbocycles. The van der Waals surface area contributed by atoms with Gasteiger partial charge in [0.2, 0.25) is 0 Å². The first kappa shape index (κ1) is 17.7. The minimum Gasteiger partial charge on any atom is -0.491 e. The van der Waals surface area contributed by atoms with Crippen molar-refractivity contribution in [2.75, 3.05) is 13.2 Å². The van der Waals surface area contributed by atoms with Gasteiger partial charge in [0.1, 0.15) is 17.2 Å². The zero-order valence-corrected chi connectivity index (χ0v) is 13.6. The molecule has 0 aromatic heterocycles. The van der Waals surface area contributed by atoms with Crippen molar-refractivity contribution in [1.82, 2.24) is 5.73 Å². The summed E-state index contributed by atoms with van der Waals surface area (Å²) < 4.78 is 11.4. The molecular formula is C18H30NO2. The molecule has 0 atom stereocenters. The Bertz CT molecular complexity index is 347. The van der Waals surface area contributed by atoms with E-state index in [-0.39, 0.29) is 0 Å². The van der Waals surface area contributed by atoms with Crippen LogP contribution in [0.5, 0.6) is 11.5 Å². The van der Waals surface area contributed by atoms with E-state index in [1.807, 2.05) is 18.2 Å². The normalized spacial score (nSPS) is 10.6. The number of hydrogen-bond acceptors (Lipinski definition) is 2. The van der Waals surface area contributed by atoms with Crippen molar-refractivity contribution in [2.24, 2.45) is 0 Å². The number of nitrogens with one attached hydrogen (secondary N) is 1. The van der Waals surface area contributed by atoms with Crippen molar-refractivity contribution in [1.29, 1.82) is 0 Å². The second kappa shape index (κ2) is 11.3. The van der Waals surface area contributed by atoms with E-state index in [2.05, 4.69) is 13.8 Å². The van der Waals surface area contributed by atoms with Crippen LogP contribution in [0.25, 0.3) is 0 Å². The smallest absolute Gasteiger partial charge is 0.148 e. The van der Waals surface area contributed by atoms with Crippen LogP contribution in [0.1, 0.15) is 65.2 Å². The predicted octanol–water partition coefficient (Wildman–Crippen LogP) is 5.52. The van der Waals surface area contributed by atoms with E-state index in [1.165, 1.54) is 38.5 Å². The monoisotopic (exact) mass is 292 g/mol. The third kappa shape index (κ3) is 7.26. The number of unbranched alkanes of at least 4 members (excludes halogenated alkanes) is 6. The molecular weight excluding hydrogens is 262 g/mol. The molecule has 0 spiro atoms. The molecule has 0 fully saturated rings. The van der Waals surface area contributed by atoms with Crippen LogP contribution in [0.15, 0.2) is 18.2 Å². The summed E-state index contributed by atoms with van der Waals surface area (Å²) in [5, 5.41) is 0. The lowest BCUT2D eigenvalue weighted by molar-refractivity contribution is 0.292. The van der Waals surface area contributed by atoms with Gasteiger partial charge in [0.25, 0.3) is 0 Å². The molecule has 0 aliphatic rings. The van der Waals surface area contributed by atoms with Crippen LogP contribution in [-0.4, -0.2) is 13.2 Å². The van der Waals surface area contributed by atoms with Crippen molar-refractivity contribution < 1.29 is 9.47 Å². The van der Waals surface area contributed by atoms with E-state index < -0.39 is 0 Å². The molecule has 3 nitrogen and oxygen atoms in total. The largest absolute Gasteiger partial charge is 0.491 e. The Morgan fingerprint density at radius 2 is 1.24 bits per heavy atom. The van der Waals surface area contributed by atoms with Crippen LogP contribution in [0.4, 0.5) is 5.69 Å². The fourth-order valence-corrected chi connectivity index (χ4v) is 2.17. The number of rotatable bonds is 12. The molecule has 1 aromatic carbocycles. The number of hydrogen-bond donors (Lipinski definition) is 0. The zero-order chi connectivity index (χ0) is 15.3. The summed E-state index contributed by atoms with van der Waals surface area (Å²) in [6.07, 6.45) is 9.44. The van der Waals surface area contributed by atoms with Gasteiger partial charge in [0.15, 0.2) is 0 Å². The van der Waals surface area contributed by atoms with Gasteiger partial charge in [-0.3, -0.25) is 5.73 Å². The lowest BCUT2D eigenvalue weighted by Crippen LogP contribution is -2.01. The Balaban J connectivity index is 2.35. The highest BCUT2D eigenvalue weighted by Gasteiger charge is 2.07. The fourth-order valence-electron chi connectivity index (χ4n) is 2.17. The van der Waals surface area contributed by atoms with Gasteiger partial charge in [-0.05, 0) is 25.0 Å². The molecule has 1 rings (SSSR count). The molecule has 0 saturated carbocycles. The molecule has 0 unspecified atom stereocenters. The summed E-state index contributed by atoms with van der Waals surface area (Å²) in [6.45, 7) is 5.77. The second-order valence-electron chi connectivity index (χ2n) is 5.45. The Kier molecular flexibility index (Phi) is 9.51. The molecule has 119 valence electrons. The van der Waals surface area contributed by atoms with Gasteiger partial charge in [-0.15, -0.1) is 0 Å². The molecule has 1 radical (unpaired) electrons. The summed E-state index contributed by atoms with van der Waals surface area (Å²) in [6, 6.07) is 5.61. The summed E-state index contributed by atoms with van der Waals surface area (Å²) in [5.74, 6) is 1.27. The standard InChI is InChI=1S/C18H30NO2/c1-3-5-7-9-14-20-16-12-11-13-17(18(16)19)21-15-10-8-6-4-2/h11-13,19H,3-10,14-15H2,1-2H3. The summed E-state index contributed by atoms with van der Waals surface area (Å²) in [7, 11) is 0. The molecule has 0 amide bonds. The maximum atomic E-state index is 8.13. The molecule has 0 heterocycles. The van der Waals surface area contributed by atoms with E-state index in [0.29, 0.717) is 30.4 Å². The lowest BCUT2D eigenvalue weighted by atomic mass is 10.2. The second-order valence-corrected chi connectivity index (χ2v) is 5.45. The Labute approximate surface area is 129 Å². The van der Waals surface area contributed by atoms with E-state index in [0.717, 1.165) is 12.8 Å². The first-order valence-corrected chi connectivity index (χ1v) is 8.39. The van der Waals surface area contributed by atoms with Gasteiger partial charge in [0, 0.05) is 0 Å². The van der Waals surface area contributed by atoms with Gasteiger partial charge in [-0.2, -0.15) is 0 Å². The molecule has 3 heteroatoms. The van der Waals surface area contributed by atoms with Gasteiger partial charge in [0.05, 0.1) is 13.2 Å². The van der Waals surface area contributed by atoms with Gasteiger partial charge < -0.3 is 9.47 Å². The minimum absolute atomic E-state index is 0.378. The van der Waals surface area contributed by atoms with Crippen molar-refractivity contribution in [3.8, 4) is 11.5 Å². The highest BCUT2D eigenvalue weighted by molar-refractivity contribution is 5.59. The van der Waals surface area contributed by atoms with Crippen LogP contribution in [0.3, 0.4) is 0 Å². The Hall–Kier alpha value is -1.38. The van der Waals surface area contributed by atoms with E-state index in [9.17, 15) is 0 Å². The van der Waals surface area contributed by atoms with E-state index >= 15 is 0 Å². The highest BCUT2D eigenvalue weighted by atomic mass is 16.5. The maximum absolute atomic E-state index is 8.13. The average molecular weight is 292 g/mol. The minimum atomic E-state index is 0.378. The zero-order valence-electron chi connectivity index (χ0n) is 13.6. The summed E-state index contributed by atoms with van der Waals surface area (Å²) in [5.41, 5.74) is 8.51. The van der Waals surface area contributed by atoms with E-state index in [1.54, 1.807) is 0 Å². The number of benzene rings is 1. The SMILES string of the molecule is CCCCCCOc1cccc(OCCCCCC)c1[NH]. The summed E-state index contributed by atoms with van der Waals surface area (Å²) in [4.78, 5) is 0. The summed E-state index contributed by atoms with van der Waals surface area (Å²) >= 11 is 0. The van der Waals surface area contributed by atoms with Crippen LogP contribution < -0.4 is 15.2 Å². The average Bonchev–Trinajstić information content (AvgIpc) is 2.50. The van der Waals surface area contributed by atoms with Crippen molar-refractivity contribution >= 4 is 5.69 Å². The maximum Gasteiger partial charge on any atom is 0.148 e. The van der Waals surface area contributed by atoms with Crippen LogP contribution >= 0.6 is 0 Å². The highest BCUT2D eigenvalue weighted by Crippen LogP contribution is 2.33. The van der Waals surface area contributed by atoms with E-state index in [4.69, 9.17) is 15.2 Å². The van der Waals surface area contributed by atoms with Crippen LogP contribution in [-0.2, 0) is 0 Å². The van der Waals surface area contributed by atoms with Crippen LogP contribution in [0, 0.1) is 0 Å². The molecule has 1 N–H and O–H groups in total. The van der Waals surface area contributed by atoms with Crippen LogP contribution in [0.2, 0.25) is 0 Å². The van der Waals surface area contributed by atoms with Gasteiger partial charge in [-0.1, -0.05) is 58.4 Å². The van der Waals surface area contributed by atoms with Crippen molar-refractivity contribution in [3.63, 3.8) is 0 Å². The lowest BCUT2D eigenvalue weighted by Gasteiger charge is -2.12. The molecule has 0 saturated heterocycles. The molecule has 21 heavy (non-hydrogen) atoms.